The molecule has 1 fully saturated rings. The fourth-order valence-electron chi connectivity index (χ4n) is 2.04. The summed E-state index contributed by atoms with van der Waals surface area (Å²) in [7, 11) is 0. The van der Waals surface area contributed by atoms with Gasteiger partial charge in [-0.1, -0.05) is 0 Å². The summed E-state index contributed by atoms with van der Waals surface area (Å²) in [6.07, 6.45) is -3.45. The van der Waals surface area contributed by atoms with Crippen LogP contribution in [0, 0.1) is 0 Å². The van der Waals surface area contributed by atoms with E-state index in [0.29, 0.717) is 0 Å². The third-order valence-electron chi connectivity index (χ3n) is 3.04. The summed E-state index contributed by atoms with van der Waals surface area (Å²) in [5, 5.41) is 38.3. The maximum atomic E-state index is 11.1. The molecule has 0 radical (unpaired) electrons. The number of aromatic hydroxyl groups is 1. The first-order valence-corrected chi connectivity index (χ1v) is 5.57. The van der Waals surface area contributed by atoms with E-state index in [2.05, 4.69) is 4.98 Å². The first-order chi connectivity index (χ1) is 8.97. The van der Waals surface area contributed by atoms with Crippen molar-refractivity contribution in [2.24, 2.45) is 5.73 Å². The molecule has 1 amide bonds. The molecule has 0 spiro atoms. The maximum absolute atomic E-state index is 11.1. The predicted molar refractivity (Wildman–Crippen MR) is 61.1 cm³/mol. The van der Waals surface area contributed by atoms with Gasteiger partial charge < -0.3 is 30.9 Å². The van der Waals surface area contributed by atoms with E-state index in [9.17, 15) is 20.1 Å². The van der Waals surface area contributed by atoms with Crippen LogP contribution in [0.3, 0.4) is 0 Å². The Morgan fingerprint density at radius 3 is 2.63 bits per heavy atom. The predicted octanol–water partition coefficient (Wildman–Crippen LogP) is -1.96. The lowest BCUT2D eigenvalue weighted by Gasteiger charge is -2.16. The third kappa shape index (κ3) is 2.26. The zero-order chi connectivity index (χ0) is 14.2. The van der Waals surface area contributed by atoms with Gasteiger partial charge in [-0.25, -0.2) is 4.98 Å². The topological polar surface area (TPSA) is 146 Å². The second kappa shape index (κ2) is 5.10. The van der Waals surface area contributed by atoms with Gasteiger partial charge in [-0.3, -0.25) is 4.79 Å². The van der Waals surface area contributed by atoms with E-state index in [4.69, 9.17) is 15.6 Å². The van der Waals surface area contributed by atoms with Gasteiger partial charge in [-0.2, -0.15) is 0 Å². The zero-order valence-electron chi connectivity index (χ0n) is 9.80. The van der Waals surface area contributed by atoms with Crippen molar-refractivity contribution >= 4 is 5.91 Å². The molecule has 0 saturated carbocycles. The Hall–Kier alpha value is -1.74. The highest BCUT2D eigenvalue weighted by Gasteiger charge is 2.44. The average Bonchev–Trinajstić information content (AvgIpc) is 2.66. The number of amides is 1. The number of pyridine rings is 1. The number of ether oxygens (including phenoxy) is 1. The second-order valence-corrected chi connectivity index (χ2v) is 4.22. The van der Waals surface area contributed by atoms with Crippen LogP contribution in [-0.4, -0.2) is 56.2 Å². The van der Waals surface area contributed by atoms with Gasteiger partial charge in [0.15, 0.2) is 11.4 Å². The lowest BCUT2D eigenvalue weighted by molar-refractivity contribution is -0.0233. The van der Waals surface area contributed by atoms with Crippen molar-refractivity contribution < 1.29 is 30.0 Å². The number of rotatable bonds is 3. The molecule has 1 aliphatic heterocycles. The Labute approximate surface area is 108 Å². The fraction of sp³-hybridized carbons (Fsp3) is 0.455. The van der Waals surface area contributed by atoms with Gasteiger partial charge in [0.25, 0.3) is 5.91 Å². The smallest absolute Gasteiger partial charge is 0.271 e. The van der Waals surface area contributed by atoms with E-state index >= 15 is 0 Å². The number of carbonyl (C=O) groups excluding carboxylic acids is 1. The number of aromatic nitrogens is 1. The lowest BCUT2D eigenvalue weighted by atomic mass is 10.0. The first-order valence-electron chi connectivity index (χ1n) is 5.57. The number of aliphatic hydroxyl groups is 3. The highest BCUT2D eigenvalue weighted by molar-refractivity contribution is 5.93. The lowest BCUT2D eigenvalue weighted by Crippen LogP contribution is -2.32. The molecular weight excluding hydrogens is 256 g/mol. The van der Waals surface area contributed by atoms with Gasteiger partial charge in [0, 0.05) is 11.8 Å². The van der Waals surface area contributed by atoms with Crippen LogP contribution in [0.15, 0.2) is 12.3 Å². The molecule has 0 aliphatic carbocycles. The third-order valence-corrected chi connectivity index (χ3v) is 3.04. The fourth-order valence-corrected chi connectivity index (χ4v) is 2.04. The molecule has 0 unspecified atom stereocenters. The normalized spacial score (nSPS) is 30.5. The molecule has 104 valence electrons. The molecule has 0 aromatic carbocycles. The molecular formula is C11H14N2O6. The van der Waals surface area contributed by atoms with Crippen LogP contribution in [0.1, 0.15) is 22.2 Å². The Balaban J connectivity index is 2.38. The van der Waals surface area contributed by atoms with Crippen molar-refractivity contribution in [3.63, 3.8) is 0 Å². The summed E-state index contributed by atoms with van der Waals surface area (Å²) < 4.78 is 5.25. The Morgan fingerprint density at radius 2 is 2.11 bits per heavy atom. The molecule has 19 heavy (non-hydrogen) atoms. The van der Waals surface area contributed by atoms with Crippen molar-refractivity contribution in [2.45, 2.75) is 24.4 Å². The highest BCUT2D eigenvalue weighted by Crippen LogP contribution is 2.38. The number of primary amides is 1. The SMILES string of the molecule is NC(=O)c1nccc([C@@H]2O[C@H](CO)[C@@H](O)[C@H]2O)c1O. The molecule has 0 bridgehead atoms. The van der Waals surface area contributed by atoms with Crippen molar-refractivity contribution in [3.05, 3.63) is 23.5 Å². The number of nitrogens with zero attached hydrogens (tertiary/aromatic N) is 1. The minimum Gasteiger partial charge on any atom is -0.505 e. The van der Waals surface area contributed by atoms with Crippen molar-refractivity contribution in [2.75, 3.05) is 6.61 Å². The van der Waals surface area contributed by atoms with Gasteiger partial charge in [-0.15, -0.1) is 0 Å². The van der Waals surface area contributed by atoms with E-state index in [1.807, 2.05) is 0 Å². The molecule has 8 heteroatoms. The van der Waals surface area contributed by atoms with E-state index < -0.39 is 42.7 Å². The van der Waals surface area contributed by atoms with Crippen LogP contribution in [0.5, 0.6) is 5.75 Å². The number of nitrogens with two attached hydrogens (primary N) is 1. The minimum atomic E-state index is -1.34. The minimum absolute atomic E-state index is 0.0753. The molecule has 1 aliphatic rings. The van der Waals surface area contributed by atoms with E-state index in [0.717, 1.165) is 0 Å². The van der Waals surface area contributed by atoms with E-state index in [1.165, 1.54) is 12.3 Å². The maximum Gasteiger partial charge on any atom is 0.271 e. The Morgan fingerprint density at radius 1 is 1.42 bits per heavy atom. The molecule has 2 rings (SSSR count). The second-order valence-electron chi connectivity index (χ2n) is 4.22. The van der Waals surface area contributed by atoms with Crippen LogP contribution in [0.4, 0.5) is 0 Å². The summed E-state index contributed by atoms with van der Waals surface area (Å²) in [6.45, 7) is -0.483. The van der Waals surface area contributed by atoms with Crippen LogP contribution in [0.25, 0.3) is 0 Å². The molecule has 1 aromatic heterocycles. The quantitative estimate of drug-likeness (QED) is 0.428. The summed E-state index contributed by atoms with van der Waals surface area (Å²) in [5.74, 6) is -1.43. The monoisotopic (exact) mass is 270 g/mol. The van der Waals surface area contributed by atoms with Gasteiger partial charge in [0.05, 0.1) is 6.61 Å². The van der Waals surface area contributed by atoms with Crippen molar-refractivity contribution in [1.82, 2.24) is 4.98 Å². The number of hydrogen-bond acceptors (Lipinski definition) is 7. The zero-order valence-corrected chi connectivity index (χ0v) is 9.80. The van der Waals surface area contributed by atoms with E-state index in [-0.39, 0.29) is 11.3 Å². The summed E-state index contributed by atoms with van der Waals surface area (Å²) in [6, 6.07) is 1.34. The van der Waals surface area contributed by atoms with Crippen LogP contribution >= 0.6 is 0 Å². The molecule has 6 N–H and O–H groups in total. The Bertz CT molecular complexity index is 494. The van der Waals surface area contributed by atoms with Crippen LogP contribution < -0.4 is 5.73 Å². The number of carbonyl (C=O) groups is 1. The van der Waals surface area contributed by atoms with Crippen LogP contribution in [0.2, 0.25) is 0 Å². The molecule has 8 nitrogen and oxygen atoms in total. The van der Waals surface area contributed by atoms with Gasteiger partial charge in [0.2, 0.25) is 0 Å². The first kappa shape index (κ1) is 13.7. The number of hydrogen-bond donors (Lipinski definition) is 5. The molecule has 4 atom stereocenters. The van der Waals surface area contributed by atoms with Gasteiger partial charge in [-0.05, 0) is 6.07 Å². The summed E-state index contributed by atoms with van der Waals surface area (Å²) in [5.41, 5.74) is 4.77. The van der Waals surface area contributed by atoms with Gasteiger partial charge in [0.1, 0.15) is 24.4 Å². The standard InChI is InChI=1S/C11H14N2O6/c12-11(18)6-7(15)4(1-2-13-6)10-9(17)8(16)5(3-14)19-10/h1-2,5,8-10,14-17H,3H2,(H2,12,18)/t5-,8-,9-,10+/m1/s1. The average molecular weight is 270 g/mol. The molecule has 1 aromatic rings. The van der Waals surface area contributed by atoms with Crippen molar-refractivity contribution in [1.29, 1.82) is 0 Å². The highest BCUT2D eigenvalue weighted by atomic mass is 16.6. The Kier molecular flexibility index (Phi) is 3.67. The largest absolute Gasteiger partial charge is 0.505 e. The molecule has 1 saturated heterocycles. The number of aliphatic hydroxyl groups excluding tert-OH is 3. The van der Waals surface area contributed by atoms with E-state index in [1.54, 1.807) is 0 Å². The molecule has 2 heterocycles. The van der Waals surface area contributed by atoms with Crippen LogP contribution in [-0.2, 0) is 4.74 Å². The van der Waals surface area contributed by atoms with Gasteiger partial charge >= 0.3 is 0 Å². The van der Waals surface area contributed by atoms with Crippen molar-refractivity contribution in [3.8, 4) is 5.75 Å². The summed E-state index contributed by atoms with van der Waals surface area (Å²) >= 11 is 0. The summed E-state index contributed by atoms with van der Waals surface area (Å²) in [4.78, 5) is 14.7.